The Labute approximate surface area is 168 Å². The molecule has 1 aliphatic carbocycles. The summed E-state index contributed by atoms with van der Waals surface area (Å²) < 4.78 is 1.50. The summed E-state index contributed by atoms with van der Waals surface area (Å²) in [6.45, 7) is 0.774. The molecule has 0 N–H and O–H groups in total. The normalized spacial score (nSPS) is 15.9. The molecule has 1 aliphatic heterocycles. The molecule has 0 bridgehead atoms. The van der Waals surface area contributed by atoms with Crippen LogP contribution in [0.4, 0.5) is 11.5 Å². The number of pyridine rings is 1. The van der Waals surface area contributed by atoms with E-state index in [1.54, 1.807) is 13.1 Å². The van der Waals surface area contributed by atoms with Gasteiger partial charge in [0.05, 0.1) is 5.52 Å². The lowest BCUT2D eigenvalue weighted by atomic mass is 9.96. The van der Waals surface area contributed by atoms with Gasteiger partial charge in [-0.25, -0.2) is 9.78 Å². The SMILES string of the molecule is Cn1c(=O)nc(N2CCCc3c(C#CC4CC4)cccc32)c2nc(Cl)ccc21. The Balaban J connectivity index is 1.70. The second-order valence-electron chi connectivity index (χ2n) is 7.38. The van der Waals surface area contributed by atoms with Crippen molar-refractivity contribution in [2.45, 2.75) is 25.7 Å². The first kappa shape index (κ1) is 17.3. The van der Waals surface area contributed by atoms with E-state index in [-0.39, 0.29) is 5.69 Å². The van der Waals surface area contributed by atoms with E-state index >= 15 is 0 Å². The Morgan fingerprint density at radius 2 is 2.04 bits per heavy atom. The van der Waals surface area contributed by atoms with Crippen LogP contribution in [0.15, 0.2) is 35.1 Å². The molecule has 0 amide bonds. The van der Waals surface area contributed by atoms with E-state index in [0.29, 0.717) is 22.4 Å². The van der Waals surface area contributed by atoms with Crippen molar-refractivity contribution >= 4 is 34.1 Å². The zero-order valence-electron chi connectivity index (χ0n) is 15.6. The van der Waals surface area contributed by atoms with Crippen LogP contribution >= 0.6 is 11.6 Å². The van der Waals surface area contributed by atoms with E-state index in [0.717, 1.165) is 36.2 Å². The average molecular weight is 391 g/mol. The van der Waals surface area contributed by atoms with Crippen molar-refractivity contribution < 1.29 is 0 Å². The Morgan fingerprint density at radius 3 is 2.86 bits per heavy atom. The highest BCUT2D eigenvalue weighted by molar-refractivity contribution is 6.29. The van der Waals surface area contributed by atoms with Gasteiger partial charge in [-0.2, -0.15) is 4.98 Å². The summed E-state index contributed by atoms with van der Waals surface area (Å²) in [4.78, 5) is 23.4. The van der Waals surface area contributed by atoms with Crippen LogP contribution in [0.5, 0.6) is 0 Å². The monoisotopic (exact) mass is 390 g/mol. The molecule has 1 aromatic carbocycles. The molecule has 28 heavy (non-hydrogen) atoms. The van der Waals surface area contributed by atoms with Crippen molar-refractivity contribution in [1.29, 1.82) is 0 Å². The summed E-state index contributed by atoms with van der Waals surface area (Å²) in [6, 6.07) is 9.70. The second kappa shape index (κ2) is 6.65. The van der Waals surface area contributed by atoms with Gasteiger partial charge >= 0.3 is 5.69 Å². The number of halogens is 1. The third kappa shape index (κ3) is 2.94. The molecular formula is C22H19ClN4O. The lowest BCUT2D eigenvalue weighted by Gasteiger charge is -2.31. The van der Waals surface area contributed by atoms with E-state index in [9.17, 15) is 4.79 Å². The van der Waals surface area contributed by atoms with Crippen molar-refractivity contribution in [2.24, 2.45) is 13.0 Å². The molecule has 3 aromatic rings. The highest BCUT2D eigenvalue weighted by Crippen LogP contribution is 2.36. The predicted molar refractivity (Wildman–Crippen MR) is 111 cm³/mol. The van der Waals surface area contributed by atoms with Crippen LogP contribution in [0.1, 0.15) is 30.4 Å². The van der Waals surface area contributed by atoms with Gasteiger partial charge < -0.3 is 4.90 Å². The minimum Gasteiger partial charge on any atom is -0.324 e. The summed E-state index contributed by atoms with van der Waals surface area (Å²) in [7, 11) is 1.70. The Kier molecular flexibility index (Phi) is 4.10. The zero-order valence-corrected chi connectivity index (χ0v) is 16.3. The van der Waals surface area contributed by atoms with Gasteiger partial charge in [0.1, 0.15) is 10.7 Å². The molecule has 0 spiro atoms. The highest BCUT2D eigenvalue weighted by atomic mass is 35.5. The Morgan fingerprint density at radius 1 is 1.18 bits per heavy atom. The van der Waals surface area contributed by atoms with E-state index in [1.165, 1.54) is 23.0 Å². The maximum absolute atomic E-state index is 12.5. The molecular weight excluding hydrogens is 372 g/mol. The molecule has 0 atom stereocenters. The Hall–Kier alpha value is -2.84. The number of aryl methyl sites for hydroxylation is 1. The zero-order chi connectivity index (χ0) is 19.3. The second-order valence-corrected chi connectivity index (χ2v) is 7.77. The first-order valence-electron chi connectivity index (χ1n) is 9.56. The lowest BCUT2D eigenvalue weighted by molar-refractivity contribution is 0.750. The van der Waals surface area contributed by atoms with Gasteiger partial charge in [0, 0.05) is 30.8 Å². The molecule has 1 fully saturated rings. The van der Waals surface area contributed by atoms with Crippen LogP contribution in [0.3, 0.4) is 0 Å². The fourth-order valence-corrected chi connectivity index (χ4v) is 3.89. The fourth-order valence-electron chi connectivity index (χ4n) is 3.74. The number of hydrogen-bond donors (Lipinski definition) is 0. The molecule has 5 nitrogen and oxygen atoms in total. The fraction of sp³-hybridized carbons (Fsp3) is 0.318. The maximum Gasteiger partial charge on any atom is 0.349 e. The van der Waals surface area contributed by atoms with Crippen molar-refractivity contribution in [3.63, 3.8) is 0 Å². The van der Waals surface area contributed by atoms with Crippen LogP contribution < -0.4 is 10.6 Å². The summed E-state index contributed by atoms with van der Waals surface area (Å²) in [6.07, 6.45) is 4.36. The smallest absolute Gasteiger partial charge is 0.324 e. The first-order chi connectivity index (χ1) is 13.6. The molecule has 0 saturated heterocycles. The molecule has 0 radical (unpaired) electrons. The van der Waals surface area contributed by atoms with E-state index < -0.39 is 0 Å². The minimum atomic E-state index is -0.302. The molecule has 2 aromatic heterocycles. The summed E-state index contributed by atoms with van der Waals surface area (Å²) >= 11 is 6.16. The summed E-state index contributed by atoms with van der Waals surface area (Å²) in [5.74, 6) is 7.86. The third-order valence-corrected chi connectivity index (χ3v) is 5.61. The molecule has 1 saturated carbocycles. The van der Waals surface area contributed by atoms with Gasteiger partial charge in [-0.05, 0) is 55.5 Å². The number of aromatic nitrogens is 3. The molecule has 140 valence electrons. The van der Waals surface area contributed by atoms with Gasteiger partial charge in [-0.15, -0.1) is 0 Å². The standard InChI is InChI=1S/C22H19ClN4O/c1-26-18-11-12-19(23)24-20(18)21(25-22(26)28)27-13-3-5-16-15(4-2-6-17(16)27)10-9-14-7-8-14/h2,4,6,11-12,14H,3,5,7-8,13H2,1H3. The number of rotatable bonds is 1. The highest BCUT2D eigenvalue weighted by Gasteiger charge is 2.25. The van der Waals surface area contributed by atoms with Crippen molar-refractivity contribution in [3.05, 3.63) is 57.1 Å². The largest absolute Gasteiger partial charge is 0.349 e. The number of nitrogens with zero attached hydrogens (tertiary/aromatic N) is 4. The van der Waals surface area contributed by atoms with E-state index in [4.69, 9.17) is 11.6 Å². The quantitative estimate of drug-likeness (QED) is 0.468. The van der Waals surface area contributed by atoms with Crippen LogP contribution in [0, 0.1) is 17.8 Å². The summed E-state index contributed by atoms with van der Waals surface area (Å²) in [5.41, 5.74) is 4.40. The topological polar surface area (TPSA) is 51.0 Å². The molecule has 2 aliphatic rings. The van der Waals surface area contributed by atoms with Gasteiger partial charge in [0.15, 0.2) is 5.82 Å². The number of anilines is 2. The lowest BCUT2D eigenvalue weighted by Crippen LogP contribution is -2.30. The third-order valence-electron chi connectivity index (χ3n) is 5.40. The van der Waals surface area contributed by atoms with Gasteiger partial charge in [0.2, 0.25) is 0 Å². The van der Waals surface area contributed by atoms with Crippen molar-refractivity contribution in [2.75, 3.05) is 11.4 Å². The van der Waals surface area contributed by atoms with Gasteiger partial charge in [0.25, 0.3) is 0 Å². The Bertz CT molecular complexity index is 1220. The summed E-state index contributed by atoms with van der Waals surface area (Å²) in [5, 5.41) is 0.385. The molecule has 3 heterocycles. The molecule has 0 unspecified atom stereocenters. The minimum absolute atomic E-state index is 0.302. The van der Waals surface area contributed by atoms with Gasteiger partial charge in [-0.3, -0.25) is 4.57 Å². The maximum atomic E-state index is 12.5. The number of benzene rings is 1. The van der Waals surface area contributed by atoms with E-state index in [1.807, 2.05) is 12.1 Å². The van der Waals surface area contributed by atoms with Crippen molar-refractivity contribution in [1.82, 2.24) is 14.5 Å². The van der Waals surface area contributed by atoms with Crippen LogP contribution in [0.2, 0.25) is 5.15 Å². The molecule has 5 rings (SSSR count). The van der Waals surface area contributed by atoms with Gasteiger partial charge in [-0.1, -0.05) is 29.5 Å². The van der Waals surface area contributed by atoms with Crippen LogP contribution in [-0.4, -0.2) is 21.1 Å². The van der Waals surface area contributed by atoms with E-state index in [2.05, 4.69) is 38.8 Å². The first-order valence-corrected chi connectivity index (χ1v) is 9.94. The number of fused-ring (bicyclic) bond motifs is 2. The molecule has 6 heteroatoms. The average Bonchev–Trinajstić information content (AvgIpc) is 3.53. The number of hydrogen-bond acceptors (Lipinski definition) is 4. The predicted octanol–water partition coefficient (Wildman–Crippen LogP) is 3.83. The van der Waals surface area contributed by atoms with Crippen molar-refractivity contribution in [3.8, 4) is 11.8 Å². The van der Waals surface area contributed by atoms with Crippen LogP contribution in [0.25, 0.3) is 11.0 Å². The van der Waals surface area contributed by atoms with Crippen LogP contribution in [-0.2, 0) is 13.5 Å².